The van der Waals surface area contributed by atoms with Crippen molar-refractivity contribution in [2.24, 2.45) is 0 Å². The highest BCUT2D eigenvalue weighted by Gasteiger charge is 2.51. The molecule has 2 aliphatic rings. The lowest BCUT2D eigenvalue weighted by atomic mass is 9.97. The number of unbranched alkanes of at least 4 members (excludes halogenated alkanes) is 33. The summed E-state index contributed by atoms with van der Waals surface area (Å²) in [6.45, 7) is 2.70. The lowest BCUT2D eigenvalue weighted by Gasteiger charge is -2.46. The molecule has 574 valence electrons. The van der Waals surface area contributed by atoms with Gasteiger partial charge in [-0.1, -0.05) is 340 Å². The quantitative estimate of drug-likeness (QED) is 0.0204. The number of nitrogens with one attached hydrogen (secondary N) is 1. The Labute approximate surface area is 609 Å². The van der Waals surface area contributed by atoms with Crippen LogP contribution in [0.2, 0.25) is 0 Å². The van der Waals surface area contributed by atoms with Crippen LogP contribution < -0.4 is 5.32 Å². The van der Waals surface area contributed by atoms with E-state index < -0.39 is 86.8 Å². The number of amides is 1. The zero-order chi connectivity index (χ0) is 72.2. The second-order valence-corrected chi connectivity index (χ2v) is 27.8. The van der Waals surface area contributed by atoms with Gasteiger partial charge < -0.3 is 65.1 Å². The van der Waals surface area contributed by atoms with Crippen LogP contribution in [0.25, 0.3) is 0 Å². The molecule has 0 bridgehead atoms. The lowest BCUT2D eigenvalue weighted by Crippen LogP contribution is -2.65. The highest BCUT2D eigenvalue weighted by Crippen LogP contribution is 2.30. The summed E-state index contributed by atoms with van der Waals surface area (Å²) < 4.78 is 22.9. The summed E-state index contributed by atoms with van der Waals surface area (Å²) in [5, 5.41) is 87.7. The fraction of sp³-hybridized carbons (Fsp3) is 0.733. The summed E-state index contributed by atoms with van der Waals surface area (Å²) in [4.78, 5) is 13.4. The molecule has 2 saturated heterocycles. The number of carbonyl (C=O) groups is 1. The smallest absolute Gasteiger partial charge is 0.220 e. The molecule has 2 rings (SSSR count). The third-order valence-corrected chi connectivity index (χ3v) is 18.8. The Morgan fingerprint density at radius 3 is 1.06 bits per heavy atom. The summed E-state index contributed by atoms with van der Waals surface area (Å²) in [7, 11) is 0. The summed E-state index contributed by atoms with van der Waals surface area (Å²) in [5.74, 6) is -0.256. The van der Waals surface area contributed by atoms with Crippen molar-refractivity contribution in [3.05, 3.63) is 134 Å². The number of carbonyl (C=O) groups excluding carboxylic acids is 1. The number of hydrogen-bond acceptors (Lipinski definition) is 13. The van der Waals surface area contributed by atoms with Gasteiger partial charge in [-0.15, -0.1) is 0 Å². The van der Waals surface area contributed by atoms with E-state index in [1.807, 2.05) is 6.08 Å². The van der Waals surface area contributed by atoms with Gasteiger partial charge in [0, 0.05) is 6.42 Å². The fourth-order valence-corrected chi connectivity index (χ4v) is 12.5. The standard InChI is InChI=1S/C86H147NO13/c1-3-5-7-9-11-13-15-17-19-21-23-25-27-29-31-33-34-35-36-37-38-39-40-42-44-46-48-50-52-54-56-58-60-62-64-66-68-70-78(91)87-74(73-97-85-83(96)81(94)84(77(72-89)99-85)100-86-82(95)80(93)79(92)76(71-88)98-86)75(90)69-67-65-63-61-59-57-55-53-51-49-47-45-43-41-32-30-28-26-24-22-20-18-16-14-12-10-8-6-4-2/h5,7,11,13,17,19,23,25,29,31,34-35,37-38,40,42,46,48,52,54,67,69,74-77,79-86,88-90,92-96H,3-4,6,8-10,12,14-16,18,20-22,24,26-28,30,32-33,36,39,41,43-45,47,49-51,53,55-66,68,70-73H2,1-2H3,(H,87,91)/b7-5-,13-11-,19-17-,25-23-,31-29-,35-34-,38-37-,42-40-,48-46-,54-52-,69-67+. The van der Waals surface area contributed by atoms with Gasteiger partial charge in [0.25, 0.3) is 0 Å². The maximum absolute atomic E-state index is 13.4. The van der Waals surface area contributed by atoms with Crippen LogP contribution in [0.3, 0.4) is 0 Å². The zero-order valence-electron chi connectivity index (χ0n) is 62.9. The highest BCUT2D eigenvalue weighted by molar-refractivity contribution is 5.76. The van der Waals surface area contributed by atoms with E-state index in [-0.39, 0.29) is 18.9 Å². The average molecular weight is 1400 g/mol. The molecule has 0 spiro atoms. The Kier molecular flexibility index (Phi) is 62.9. The van der Waals surface area contributed by atoms with Crippen LogP contribution in [0.1, 0.15) is 309 Å². The van der Waals surface area contributed by atoms with E-state index in [2.05, 4.69) is 141 Å². The molecular weight excluding hydrogens is 1250 g/mol. The third kappa shape index (κ3) is 50.5. The van der Waals surface area contributed by atoms with Gasteiger partial charge in [-0.2, -0.15) is 0 Å². The number of rotatable bonds is 66. The molecule has 12 unspecified atom stereocenters. The largest absolute Gasteiger partial charge is 0.394 e. The second kappa shape index (κ2) is 68.3. The molecule has 0 aromatic heterocycles. The van der Waals surface area contributed by atoms with E-state index in [9.17, 15) is 45.6 Å². The minimum atomic E-state index is -1.80. The van der Waals surface area contributed by atoms with Gasteiger partial charge in [-0.25, -0.2) is 0 Å². The molecule has 0 aliphatic carbocycles. The predicted molar refractivity (Wildman–Crippen MR) is 415 cm³/mol. The first kappa shape index (κ1) is 92.2. The van der Waals surface area contributed by atoms with E-state index in [1.54, 1.807) is 6.08 Å². The Hall–Kier alpha value is -3.87. The molecule has 0 aromatic rings. The normalized spacial score (nSPS) is 22.6. The molecule has 100 heavy (non-hydrogen) atoms. The molecule has 1 amide bonds. The highest BCUT2D eigenvalue weighted by atomic mass is 16.7. The SMILES string of the molecule is CC/C=C\C/C=C\C/C=C\C/C=C\C/C=C\C/C=C\C/C=C\C/C=C\C/C=C\C/C=C\CCCCCCCCC(=O)NC(COC1OC(CO)C(OC2OC(CO)C(O)C(O)C2O)C(O)C1O)C(O)/C=C/CCCCCCCCCCCCCCCCCCCCCCCCCCCCC. The Bertz CT molecular complexity index is 2200. The monoisotopic (exact) mass is 1400 g/mol. The molecule has 14 nitrogen and oxygen atoms in total. The number of aliphatic hydroxyl groups is 8. The van der Waals surface area contributed by atoms with Gasteiger partial charge in [-0.3, -0.25) is 4.79 Å². The first-order valence-corrected chi connectivity index (χ1v) is 40.4. The Balaban J connectivity index is 1.65. The molecule has 0 aromatic carbocycles. The van der Waals surface area contributed by atoms with E-state index >= 15 is 0 Å². The number of allylic oxidation sites excluding steroid dienone is 21. The van der Waals surface area contributed by atoms with Gasteiger partial charge in [-0.05, 0) is 96.3 Å². The molecular formula is C86H147NO13. The van der Waals surface area contributed by atoms with Crippen molar-refractivity contribution >= 4 is 5.91 Å². The van der Waals surface area contributed by atoms with E-state index in [1.165, 1.54) is 161 Å². The van der Waals surface area contributed by atoms with Crippen LogP contribution in [0, 0.1) is 0 Å². The summed E-state index contributed by atoms with van der Waals surface area (Å²) >= 11 is 0. The molecule has 12 atom stereocenters. The van der Waals surface area contributed by atoms with Gasteiger partial charge in [0.15, 0.2) is 12.6 Å². The Morgan fingerprint density at radius 2 is 0.690 bits per heavy atom. The van der Waals surface area contributed by atoms with Crippen LogP contribution in [0.4, 0.5) is 0 Å². The van der Waals surface area contributed by atoms with Crippen molar-refractivity contribution in [2.75, 3.05) is 19.8 Å². The molecule has 2 heterocycles. The number of ether oxygens (including phenoxy) is 4. The van der Waals surface area contributed by atoms with Gasteiger partial charge in [0.1, 0.15) is 48.8 Å². The molecule has 2 aliphatic heterocycles. The van der Waals surface area contributed by atoms with Crippen LogP contribution in [-0.2, 0) is 23.7 Å². The van der Waals surface area contributed by atoms with E-state index in [4.69, 9.17) is 18.9 Å². The zero-order valence-corrected chi connectivity index (χ0v) is 62.9. The van der Waals surface area contributed by atoms with Crippen molar-refractivity contribution in [3.63, 3.8) is 0 Å². The van der Waals surface area contributed by atoms with Crippen LogP contribution in [0.5, 0.6) is 0 Å². The second-order valence-electron chi connectivity index (χ2n) is 27.8. The van der Waals surface area contributed by atoms with Crippen molar-refractivity contribution in [1.82, 2.24) is 5.32 Å². The van der Waals surface area contributed by atoms with Gasteiger partial charge in [0.05, 0.1) is 32.0 Å². The first-order chi connectivity index (χ1) is 49.1. The van der Waals surface area contributed by atoms with Crippen molar-refractivity contribution in [2.45, 2.75) is 383 Å². The van der Waals surface area contributed by atoms with Crippen molar-refractivity contribution in [1.29, 1.82) is 0 Å². The van der Waals surface area contributed by atoms with Crippen molar-refractivity contribution in [3.8, 4) is 0 Å². The summed E-state index contributed by atoms with van der Waals surface area (Å²) in [5.41, 5.74) is 0. The fourth-order valence-electron chi connectivity index (χ4n) is 12.5. The van der Waals surface area contributed by atoms with Crippen LogP contribution in [0.15, 0.2) is 134 Å². The first-order valence-electron chi connectivity index (χ1n) is 40.4. The van der Waals surface area contributed by atoms with Crippen molar-refractivity contribution < 1.29 is 64.6 Å². The van der Waals surface area contributed by atoms with E-state index in [0.717, 1.165) is 122 Å². The number of aliphatic hydroxyl groups excluding tert-OH is 8. The van der Waals surface area contributed by atoms with Gasteiger partial charge in [0.2, 0.25) is 5.91 Å². The molecule has 0 radical (unpaired) electrons. The maximum atomic E-state index is 13.4. The molecule has 2 fully saturated rings. The van der Waals surface area contributed by atoms with E-state index in [0.29, 0.717) is 6.42 Å². The number of hydrogen-bond donors (Lipinski definition) is 9. The van der Waals surface area contributed by atoms with Crippen LogP contribution >= 0.6 is 0 Å². The minimum absolute atomic E-state index is 0.256. The topological polar surface area (TPSA) is 228 Å². The summed E-state index contributed by atoms with van der Waals surface area (Å²) in [6.07, 6.45) is 85.2. The van der Waals surface area contributed by atoms with Crippen LogP contribution in [-0.4, -0.2) is 140 Å². The average Bonchev–Trinajstić information content (AvgIpc) is 0.791. The summed E-state index contributed by atoms with van der Waals surface area (Å²) in [6, 6.07) is -0.935. The molecule has 0 saturated carbocycles. The minimum Gasteiger partial charge on any atom is -0.394 e. The Morgan fingerprint density at radius 1 is 0.370 bits per heavy atom. The molecule has 14 heteroatoms. The lowest BCUT2D eigenvalue weighted by molar-refractivity contribution is -0.359. The van der Waals surface area contributed by atoms with Gasteiger partial charge >= 0.3 is 0 Å². The molecule has 9 N–H and O–H groups in total. The third-order valence-electron chi connectivity index (χ3n) is 18.8. The maximum Gasteiger partial charge on any atom is 0.220 e. The predicted octanol–water partition coefficient (Wildman–Crippen LogP) is 18.6.